The molecular weight excluding hydrogens is 350 g/mol. The number of anilines is 3. The lowest BCUT2D eigenvalue weighted by Gasteiger charge is -2.31. The highest BCUT2D eigenvalue weighted by Gasteiger charge is 2.32. The number of ether oxygens (including phenoxy) is 1. The van der Waals surface area contributed by atoms with E-state index < -0.39 is 6.09 Å². The molecule has 0 fully saturated rings. The summed E-state index contributed by atoms with van der Waals surface area (Å²) >= 11 is 0. The summed E-state index contributed by atoms with van der Waals surface area (Å²) in [5.74, 6) is 0.676. The van der Waals surface area contributed by atoms with Crippen molar-refractivity contribution in [2.75, 3.05) is 23.2 Å². The smallest absolute Gasteiger partial charge is 0.435 e. The molecule has 2 aromatic rings. The molecule has 5 N–H and O–H groups in total. The Bertz CT molecular complexity index is 956. The Morgan fingerprint density at radius 1 is 1.41 bits per heavy atom. The molecule has 3 rings (SSSR count). The van der Waals surface area contributed by atoms with Crippen LogP contribution in [0.3, 0.4) is 0 Å². The van der Waals surface area contributed by atoms with E-state index in [1.807, 2.05) is 13.8 Å². The average molecular weight is 369 g/mol. The third-order valence-corrected chi connectivity index (χ3v) is 3.88. The lowest BCUT2D eigenvalue weighted by Crippen LogP contribution is -2.39. The van der Waals surface area contributed by atoms with Crippen LogP contribution in [0.1, 0.15) is 30.5 Å². The van der Waals surface area contributed by atoms with Crippen molar-refractivity contribution in [1.82, 2.24) is 9.97 Å². The van der Waals surface area contributed by atoms with Crippen LogP contribution in [0.15, 0.2) is 29.5 Å². The van der Waals surface area contributed by atoms with Gasteiger partial charge in [0.25, 0.3) is 0 Å². The molecule has 1 aliphatic heterocycles. The fraction of sp³-hybridized carbons (Fsp3) is 0.235. The topological polar surface area (TPSA) is 150 Å². The highest BCUT2D eigenvalue weighted by Crippen LogP contribution is 2.34. The van der Waals surface area contributed by atoms with E-state index in [1.54, 1.807) is 18.2 Å². The molecule has 0 saturated heterocycles. The van der Waals surface area contributed by atoms with Crippen molar-refractivity contribution in [3.8, 4) is 0 Å². The number of hydroxylamine groups is 1. The monoisotopic (exact) mass is 369 g/mol. The van der Waals surface area contributed by atoms with Crippen LogP contribution in [0.5, 0.6) is 0 Å². The number of methoxy groups -OCH3 is 1. The molecule has 0 saturated carbocycles. The van der Waals surface area contributed by atoms with E-state index in [2.05, 4.69) is 25.0 Å². The predicted molar refractivity (Wildman–Crippen MR) is 101 cm³/mol. The number of aromatic nitrogens is 2. The number of hydrogen-bond acceptors (Lipinski definition) is 8. The van der Waals surface area contributed by atoms with Gasteiger partial charge in [-0.3, -0.25) is 10.6 Å². The second kappa shape index (κ2) is 7.00. The Labute approximate surface area is 155 Å². The van der Waals surface area contributed by atoms with Crippen LogP contribution in [0.4, 0.5) is 22.1 Å². The number of carbonyl (C=O) groups is 1. The van der Waals surface area contributed by atoms with Gasteiger partial charge < -0.3 is 15.8 Å². The normalized spacial score (nSPS) is 14.0. The zero-order valence-electron chi connectivity index (χ0n) is 15.0. The highest BCUT2D eigenvalue weighted by molar-refractivity contribution is 6.25. The first kappa shape index (κ1) is 18.3. The molecule has 0 radical (unpaired) electrons. The standard InChI is InChI=1S/C17H19N7O3/c1-8(2)22-15-12(14(19)20-7-21-15)13(18)9-4-5-11-10(6-9)16(24(11)26)23-17(25)27-3/h4-8,18,26H,1-3H3,(H3,19,20,21,22). The van der Waals surface area contributed by atoms with E-state index >= 15 is 0 Å². The van der Waals surface area contributed by atoms with Crippen LogP contribution in [0, 0.1) is 5.41 Å². The molecule has 27 heavy (non-hydrogen) atoms. The number of fused-ring (bicyclic) bond motifs is 1. The molecule has 10 heteroatoms. The first-order valence-electron chi connectivity index (χ1n) is 8.09. The minimum atomic E-state index is -0.834. The Balaban J connectivity index is 2.01. The van der Waals surface area contributed by atoms with Crippen molar-refractivity contribution in [2.45, 2.75) is 19.9 Å². The number of aliphatic imine (C=N–C) groups is 1. The van der Waals surface area contributed by atoms with Gasteiger partial charge in [0.2, 0.25) is 0 Å². The van der Waals surface area contributed by atoms with Crippen molar-refractivity contribution in [3.05, 3.63) is 41.2 Å². The Morgan fingerprint density at radius 3 is 2.81 bits per heavy atom. The molecule has 0 bridgehead atoms. The Kier molecular flexibility index (Phi) is 4.74. The lowest BCUT2D eigenvalue weighted by molar-refractivity contribution is 0.182. The van der Waals surface area contributed by atoms with Crippen molar-refractivity contribution in [2.24, 2.45) is 4.99 Å². The molecule has 2 heterocycles. The van der Waals surface area contributed by atoms with E-state index in [9.17, 15) is 10.0 Å². The number of rotatable bonds is 4. The number of nitrogens with one attached hydrogen (secondary N) is 2. The molecular formula is C17H19N7O3. The maximum Gasteiger partial charge on any atom is 0.435 e. The number of benzene rings is 1. The minimum absolute atomic E-state index is 0.0457. The molecule has 1 amide bonds. The van der Waals surface area contributed by atoms with Crippen molar-refractivity contribution in [1.29, 1.82) is 5.41 Å². The highest BCUT2D eigenvalue weighted by atomic mass is 16.5. The summed E-state index contributed by atoms with van der Waals surface area (Å²) in [6.45, 7) is 3.89. The number of nitrogens with two attached hydrogens (primary N) is 1. The van der Waals surface area contributed by atoms with E-state index in [0.29, 0.717) is 28.2 Å². The van der Waals surface area contributed by atoms with E-state index in [1.165, 1.54) is 13.4 Å². The molecule has 0 unspecified atom stereocenters. The maximum absolute atomic E-state index is 11.4. The van der Waals surface area contributed by atoms with Crippen LogP contribution >= 0.6 is 0 Å². The van der Waals surface area contributed by atoms with Gasteiger partial charge in [-0.25, -0.2) is 19.8 Å². The van der Waals surface area contributed by atoms with Gasteiger partial charge in [0.1, 0.15) is 18.0 Å². The molecule has 0 atom stereocenters. The third-order valence-electron chi connectivity index (χ3n) is 3.88. The lowest BCUT2D eigenvalue weighted by atomic mass is 9.96. The van der Waals surface area contributed by atoms with Crippen LogP contribution in [-0.4, -0.2) is 46.0 Å². The predicted octanol–water partition coefficient (Wildman–Crippen LogP) is 2.02. The number of nitrogens with zero attached hydrogens (tertiary/aromatic N) is 4. The largest absolute Gasteiger partial charge is 0.451 e. The Hall–Kier alpha value is -3.53. The van der Waals surface area contributed by atoms with Gasteiger partial charge in [0.15, 0.2) is 5.84 Å². The second-order valence-electron chi connectivity index (χ2n) is 6.11. The maximum atomic E-state index is 11.4. The summed E-state index contributed by atoms with van der Waals surface area (Å²) in [5.41, 5.74) is 7.95. The van der Waals surface area contributed by atoms with Gasteiger partial charge in [0, 0.05) is 17.2 Å². The fourth-order valence-electron chi connectivity index (χ4n) is 2.64. The fourth-order valence-corrected chi connectivity index (χ4v) is 2.64. The zero-order chi connectivity index (χ0) is 19.7. The summed E-state index contributed by atoms with van der Waals surface area (Å²) in [6.07, 6.45) is 0.499. The third kappa shape index (κ3) is 3.29. The summed E-state index contributed by atoms with van der Waals surface area (Å²) in [6, 6.07) is 5.00. The molecule has 0 spiro atoms. The van der Waals surface area contributed by atoms with Gasteiger partial charge in [-0.1, -0.05) is 6.07 Å². The summed E-state index contributed by atoms with van der Waals surface area (Å²) in [7, 11) is 1.20. The quantitative estimate of drug-likeness (QED) is 0.598. The van der Waals surface area contributed by atoms with E-state index in [-0.39, 0.29) is 23.4 Å². The summed E-state index contributed by atoms with van der Waals surface area (Å²) in [4.78, 5) is 23.2. The number of amidine groups is 1. The van der Waals surface area contributed by atoms with Gasteiger partial charge >= 0.3 is 6.09 Å². The van der Waals surface area contributed by atoms with Crippen molar-refractivity contribution in [3.63, 3.8) is 0 Å². The number of hydrogen-bond donors (Lipinski definition) is 4. The second-order valence-corrected chi connectivity index (χ2v) is 6.11. The van der Waals surface area contributed by atoms with Crippen molar-refractivity contribution < 1.29 is 14.7 Å². The van der Waals surface area contributed by atoms with Gasteiger partial charge in [-0.2, -0.15) is 4.99 Å². The molecule has 1 aromatic carbocycles. The molecule has 1 aliphatic rings. The SMILES string of the molecule is COC(=O)N=C1c2cc(C(=N)c3c(N)ncnc3NC(C)C)ccc2N1O. The number of amides is 1. The molecule has 1 aromatic heterocycles. The van der Waals surface area contributed by atoms with Crippen LogP contribution in [0.25, 0.3) is 0 Å². The summed E-state index contributed by atoms with van der Waals surface area (Å²) in [5, 5.41) is 22.4. The van der Waals surface area contributed by atoms with E-state index in [4.69, 9.17) is 11.1 Å². The summed E-state index contributed by atoms with van der Waals surface area (Å²) < 4.78 is 4.49. The van der Waals surface area contributed by atoms with Gasteiger partial charge in [-0.15, -0.1) is 0 Å². The Morgan fingerprint density at radius 2 is 2.15 bits per heavy atom. The molecule has 0 aliphatic carbocycles. The number of nitrogen functional groups attached to an aromatic ring is 1. The van der Waals surface area contributed by atoms with Crippen LogP contribution in [-0.2, 0) is 4.74 Å². The van der Waals surface area contributed by atoms with Crippen LogP contribution in [0.2, 0.25) is 0 Å². The zero-order valence-corrected chi connectivity index (χ0v) is 15.0. The van der Waals surface area contributed by atoms with E-state index in [0.717, 1.165) is 5.06 Å². The molecule has 140 valence electrons. The first-order valence-corrected chi connectivity index (χ1v) is 8.09. The van der Waals surface area contributed by atoms with Crippen LogP contribution < -0.4 is 16.1 Å². The first-order chi connectivity index (χ1) is 12.8. The van der Waals surface area contributed by atoms with Gasteiger partial charge in [0.05, 0.1) is 24.1 Å². The van der Waals surface area contributed by atoms with Gasteiger partial charge in [-0.05, 0) is 26.0 Å². The van der Waals surface area contributed by atoms with Crippen molar-refractivity contribution >= 4 is 35.0 Å². The molecule has 10 nitrogen and oxygen atoms in total. The average Bonchev–Trinajstić information content (AvgIpc) is 2.64. The minimum Gasteiger partial charge on any atom is -0.451 e. The number of carbonyl (C=O) groups excluding carboxylic acids is 1.